The highest BCUT2D eigenvalue weighted by Gasteiger charge is 2.36. The summed E-state index contributed by atoms with van der Waals surface area (Å²) in [5.74, 6) is -1.10. The van der Waals surface area contributed by atoms with Gasteiger partial charge in [-0.1, -0.05) is 11.3 Å². The van der Waals surface area contributed by atoms with Crippen LogP contribution in [0.2, 0.25) is 0 Å². The van der Waals surface area contributed by atoms with Gasteiger partial charge >= 0.3 is 10.8 Å². The first-order valence-electron chi connectivity index (χ1n) is 8.00. The highest BCUT2D eigenvalue weighted by atomic mass is 32.2. The highest BCUT2D eigenvalue weighted by molar-refractivity contribution is 7.91. The van der Waals surface area contributed by atoms with Gasteiger partial charge in [-0.2, -0.15) is 0 Å². The Morgan fingerprint density at radius 3 is 2.64 bits per heavy atom. The molecule has 25 heavy (non-hydrogen) atoms. The van der Waals surface area contributed by atoms with Crippen molar-refractivity contribution in [1.29, 1.82) is 0 Å². The SMILES string of the molecule is CCN(C(=O)[C@@H](C)OC(=O)Cn1c(C)csc1=O)[C@H]1CCS(=O)(=O)C1. The number of esters is 1. The highest BCUT2D eigenvalue weighted by Crippen LogP contribution is 2.19. The number of carbonyl (C=O) groups excluding carboxylic acids is 2. The summed E-state index contributed by atoms with van der Waals surface area (Å²) in [4.78, 5) is 37.4. The number of hydrogen-bond acceptors (Lipinski definition) is 7. The molecule has 2 heterocycles. The Kier molecular flexibility index (Phi) is 6.04. The van der Waals surface area contributed by atoms with E-state index in [1.807, 2.05) is 0 Å². The van der Waals surface area contributed by atoms with Crippen molar-refractivity contribution in [3.63, 3.8) is 0 Å². The molecule has 1 saturated heterocycles. The molecule has 140 valence electrons. The van der Waals surface area contributed by atoms with Crippen LogP contribution in [0.5, 0.6) is 0 Å². The van der Waals surface area contributed by atoms with Crippen molar-refractivity contribution < 1.29 is 22.7 Å². The average molecular weight is 390 g/mol. The predicted molar refractivity (Wildman–Crippen MR) is 93.3 cm³/mol. The van der Waals surface area contributed by atoms with Crippen molar-refractivity contribution in [3.05, 3.63) is 20.7 Å². The molecule has 1 amide bonds. The van der Waals surface area contributed by atoms with Gasteiger partial charge in [0.15, 0.2) is 15.9 Å². The van der Waals surface area contributed by atoms with Crippen LogP contribution < -0.4 is 4.87 Å². The maximum atomic E-state index is 12.5. The second-order valence-electron chi connectivity index (χ2n) is 6.04. The molecule has 2 atom stereocenters. The van der Waals surface area contributed by atoms with Crippen LogP contribution in [0.25, 0.3) is 0 Å². The van der Waals surface area contributed by atoms with Gasteiger partial charge in [0.25, 0.3) is 5.91 Å². The third-order valence-electron chi connectivity index (χ3n) is 4.19. The number of nitrogens with zero attached hydrogens (tertiary/aromatic N) is 2. The summed E-state index contributed by atoms with van der Waals surface area (Å²) in [5, 5.41) is 1.64. The first kappa shape index (κ1) is 19.6. The third kappa shape index (κ3) is 4.69. The van der Waals surface area contributed by atoms with Crippen LogP contribution in [-0.4, -0.2) is 60.0 Å². The van der Waals surface area contributed by atoms with Gasteiger partial charge in [-0.05, 0) is 27.2 Å². The molecule has 0 N–H and O–H groups in total. The van der Waals surface area contributed by atoms with Gasteiger partial charge in [0.1, 0.15) is 6.54 Å². The number of amides is 1. The smallest absolute Gasteiger partial charge is 0.326 e. The molecular weight excluding hydrogens is 368 g/mol. The van der Waals surface area contributed by atoms with Gasteiger partial charge in [0.2, 0.25) is 0 Å². The molecule has 1 aliphatic heterocycles. The first-order valence-corrected chi connectivity index (χ1v) is 10.7. The number of carbonyl (C=O) groups is 2. The number of aryl methyl sites for hydroxylation is 1. The number of hydrogen-bond donors (Lipinski definition) is 0. The minimum atomic E-state index is -3.12. The Balaban J connectivity index is 1.99. The van der Waals surface area contributed by atoms with Gasteiger partial charge in [-0.25, -0.2) is 8.42 Å². The Bertz CT molecular complexity index is 810. The number of thiazole rings is 1. The quantitative estimate of drug-likeness (QED) is 0.642. The summed E-state index contributed by atoms with van der Waals surface area (Å²) in [6, 6.07) is -0.384. The van der Waals surface area contributed by atoms with Crippen molar-refractivity contribution in [2.75, 3.05) is 18.1 Å². The largest absolute Gasteiger partial charge is 0.451 e. The lowest BCUT2D eigenvalue weighted by Gasteiger charge is -2.29. The zero-order valence-electron chi connectivity index (χ0n) is 14.4. The Morgan fingerprint density at radius 1 is 1.48 bits per heavy atom. The lowest BCUT2D eigenvalue weighted by molar-refractivity contribution is -0.160. The van der Waals surface area contributed by atoms with Gasteiger partial charge in [0.05, 0.1) is 11.5 Å². The van der Waals surface area contributed by atoms with E-state index in [-0.39, 0.29) is 29.0 Å². The van der Waals surface area contributed by atoms with E-state index in [2.05, 4.69) is 0 Å². The molecule has 0 unspecified atom stereocenters. The van der Waals surface area contributed by atoms with Crippen LogP contribution in [-0.2, 0) is 30.7 Å². The van der Waals surface area contributed by atoms with Crippen LogP contribution in [0, 0.1) is 6.92 Å². The number of aromatic nitrogens is 1. The fourth-order valence-corrected chi connectivity index (χ4v) is 5.32. The number of likely N-dealkylation sites (N-methyl/N-ethyl adjacent to an activating group) is 1. The molecule has 0 radical (unpaired) electrons. The van der Waals surface area contributed by atoms with Crippen LogP contribution in [0.15, 0.2) is 10.2 Å². The average Bonchev–Trinajstić information content (AvgIpc) is 3.04. The van der Waals surface area contributed by atoms with Crippen molar-refractivity contribution in [2.45, 2.75) is 45.9 Å². The van der Waals surface area contributed by atoms with Gasteiger partial charge in [0, 0.05) is 23.7 Å². The molecular formula is C15H22N2O6S2. The predicted octanol–water partition coefficient (Wildman–Crippen LogP) is 0.186. The fourth-order valence-electron chi connectivity index (χ4n) is 2.86. The van der Waals surface area contributed by atoms with Gasteiger partial charge in [-0.3, -0.25) is 19.0 Å². The van der Waals surface area contributed by atoms with Crippen molar-refractivity contribution in [2.24, 2.45) is 0 Å². The van der Waals surface area contributed by atoms with Crippen molar-refractivity contribution >= 4 is 33.1 Å². The third-order valence-corrected chi connectivity index (χ3v) is 6.82. The van der Waals surface area contributed by atoms with Gasteiger partial charge < -0.3 is 9.64 Å². The number of rotatable bonds is 6. The van der Waals surface area contributed by atoms with Crippen molar-refractivity contribution in [1.82, 2.24) is 9.47 Å². The molecule has 2 rings (SSSR count). The van der Waals surface area contributed by atoms with E-state index in [0.717, 1.165) is 11.3 Å². The zero-order valence-corrected chi connectivity index (χ0v) is 16.1. The van der Waals surface area contributed by atoms with E-state index >= 15 is 0 Å². The summed E-state index contributed by atoms with van der Waals surface area (Å²) >= 11 is 0.991. The standard InChI is InChI=1S/C15H22N2O6S2/c1-4-16(12-5-6-25(21,22)9-12)14(19)11(3)23-13(18)7-17-10(2)8-24-15(17)20/h8,11-12H,4-7,9H2,1-3H3/t11-,12+/m1/s1. The maximum absolute atomic E-state index is 12.5. The molecule has 0 saturated carbocycles. The molecule has 1 fully saturated rings. The van der Waals surface area contributed by atoms with E-state index in [1.54, 1.807) is 19.2 Å². The fraction of sp³-hybridized carbons (Fsp3) is 0.667. The molecule has 1 aliphatic rings. The second kappa shape index (κ2) is 7.69. The topological polar surface area (TPSA) is 103 Å². The first-order chi connectivity index (χ1) is 11.6. The molecule has 0 bridgehead atoms. The van der Waals surface area contributed by atoms with Gasteiger partial charge in [-0.15, -0.1) is 0 Å². The Morgan fingerprint density at radius 2 is 2.16 bits per heavy atom. The summed E-state index contributed by atoms with van der Waals surface area (Å²) < 4.78 is 29.7. The molecule has 1 aromatic heterocycles. The van der Waals surface area contributed by atoms with Crippen LogP contribution in [0.4, 0.5) is 0 Å². The molecule has 10 heteroatoms. The van der Waals surface area contributed by atoms with E-state index in [0.29, 0.717) is 18.7 Å². The lowest BCUT2D eigenvalue weighted by atomic mass is 10.2. The summed E-state index contributed by atoms with van der Waals surface area (Å²) in [5.41, 5.74) is 0.650. The van der Waals surface area contributed by atoms with Crippen LogP contribution >= 0.6 is 11.3 Å². The number of sulfone groups is 1. The normalized spacial score (nSPS) is 20.2. The zero-order chi connectivity index (χ0) is 18.8. The number of ether oxygens (including phenoxy) is 1. The molecule has 0 aliphatic carbocycles. The van der Waals surface area contributed by atoms with Crippen LogP contribution in [0.1, 0.15) is 26.0 Å². The minimum Gasteiger partial charge on any atom is -0.451 e. The minimum absolute atomic E-state index is 0.0588. The Hall–Kier alpha value is -1.68. The summed E-state index contributed by atoms with van der Waals surface area (Å²) in [7, 11) is -3.12. The molecule has 1 aromatic rings. The molecule has 0 spiro atoms. The summed E-state index contributed by atoms with van der Waals surface area (Å²) in [6.45, 7) is 5.00. The lowest BCUT2D eigenvalue weighted by Crippen LogP contribution is -2.46. The van der Waals surface area contributed by atoms with E-state index < -0.39 is 27.8 Å². The van der Waals surface area contributed by atoms with E-state index in [9.17, 15) is 22.8 Å². The van der Waals surface area contributed by atoms with Crippen molar-refractivity contribution in [3.8, 4) is 0 Å². The maximum Gasteiger partial charge on any atom is 0.326 e. The van der Waals surface area contributed by atoms with E-state index in [4.69, 9.17) is 4.74 Å². The Labute approximate surface area is 150 Å². The second-order valence-corrected chi connectivity index (χ2v) is 9.09. The van der Waals surface area contributed by atoms with Crippen LogP contribution in [0.3, 0.4) is 0 Å². The summed E-state index contributed by atoms with van der Waals surface area (Å²) in [6.07, 6.45) is -0.642. The monoisotopic (exact) mass is 390 g/mol. The molecule has 8 nitrogen and oxygen atoms in total. The van der Waals surface area contributed by atoms with E-state index in [1.165, 1.54) is 16.4 Å². The molecule has 0 aromatic carbocycles.